The zero-order valence-corrected chi connectivity index (χ0v) is 3.89. The maximum Gasteiger partial charge on any atom is 0.175 e. The van der Waals surface area contributed by atoms with E-state index in [1.165, 1.54) is 11.6 Å². The van der Waals surface area contributed by atoms with Crippen LogP contribution in [0.2, 0.25) is 0 Å². The van der Waals surface area contributed by atoms with Gasteiger partial charge in [0.1, 0.15) is 0 Å². The number of nitrogens with one attached hydrogen (secondary N) is 1. The normalized spacial score (nSPS) is 13.4. The predicted octanol–water partition coefficient (Wildman–Crippen LogP) is 0.837. The van der Waals surface area contributed by atoms with Crippen LogP contribution in [0.1, 0.15) is 6.42 Å². The van der Waals surface area contributed by atoms with Crippen molar-refractivity contribution in [3.05, 3.63) is 12.7 Å². The monoisotopic (exact) mass is 105 g/mol. The molecular formula is C4H8FNO. The van der Waals surface area contributed by atoms with E-state index in [1.54, 1.807) is 0 Å². The van der Waals surface area contributed by atoms with Crippen LogP contribution in [0.25, 0.3) is 0 Å². The molecule has 0 aliphatic carbocycles. The van der Waals surface area contributed by atoms with Gasteiger partial charge in [0.15, 0.2) is 6.30 Å². The van der Waals surface area contributed by atoms with E-state index in [0.717, 1.165) is 0 Å². The van der Waals surface area contributed by atoms with Crippen molar-refractivity contribution in [2.75, 3.05) is 0 Å². The Morgan fingerprint density at radius 1 is 2.00 bits per heavy atom. The summed E-state index contributed by atoms with van der Waals surface area (Å²) in [7, 11) is 0. The third-order valence-corrected chi connectivity index (χ3v) is 0.514. The van der Waals surface area contributed by atoms with Gasteiger partial charge in [0.2, 0.25) is 0 Å². The van der Waals surface area contributed by atoms with Gasteiger partial charge < -0.3 is 5.21 Å². The van der Waals surface area contributed by atoms with Gasteiger partial charge in [-0.1, -0.05) is 6.08 Å². The quantitative estimate of drug-likeness (QED) is 0.316. The van der Waals surface area contributed by atoms with Gasteiger partial charge in [0.05, 0.1) is 0 Å². The topological polar surface area (TPSA) is 32.3 Å². The van der Waals surface area contributed by atoms with Crippen molar-refractivity contribution < 1.29 is 9.60 Å². The minimum Gasteiger partial charge on any atom is -0.314 e. The fourth-order valence-corrected chi connectivity index (χ4v) is 0.199. The Kier molecular flexibility index (Phi) is 3.55. The Morgan fingerprint density at radius 3 is 2.71 bits per heavy atom. The molecule has 0 saturated heterocycles. The highest BCUT2D eigenvalue weighted by Gasteiger charge is 1.95. The van der Waals surface area contributed by atoms with Crippen LogP contribution in [-0.4, -0.2) is 11.5 Å². The molecule has 0 aliphatic heterocycles. The number of hydrogen-bond donors (Lipinski definition) is 2. The Morgan fingerprint density at radius 2 is 2.57 bits per heavy atom. The first-order chi connectivity index (χ1) is 3.31. The van der Waals surface area contributed by atoms with Crippen LogP contribution >= 0.6 is 0 Å². The smallest absolute Gasteiger partial charge is 0.175 e. The van der Waals surface area contributed by atoms with Crippen molar-refractivity contribution in [3.8, 4) is 0 Å². The largest absolute Gasteiger partial charge is 0.314 e. The first-order valence-corrected chi connectivity index (χ1v) is 1.96. The highest BCUT2D eigenvalue weighted by Crippen LogP contribution is 1.89. The number of alkyl halides is 1. The van der Waals surface area contributed by atoms with Crippen molar-refractivity contribution in [3.63, 3.8) is 0 Å². The summed E-state index contributed by atoms with van der Waals surface area (Å²) in [4.78, 5) is 0. The van der Waals surface area contributed by atoms with Crippen LogP contribution in [0, 0.1) is 0 Å². The Balaban J connectivity index is 2.98. The number of hydrogen-bond acceptors (Lipinski definition) is 2. The van der Waals surface area contributed by atoms with E-state index in [9.17, 15) is 4.39 Å². The van der Waals surface area contributed by atoms with E-state index in [1.807, 2.05) is 0 Å². The Labute approximate surface area is 41.6 Å². The summed E-state index contributed by atoms with van der Waals surface area (Å²) in [5.41, 5.74) is 1.43. The van der Waals surface area contributed by atoms with Gasteiger partial charge in [-0.3, -0.25) is 0 Å². The molecule has 0 amide bonds. The van der Waals surface area contributed by atoms with Gasteiger partial charge in [0.25, 0.3) is 0 Å². The fourth-order valence-electron chi connectivity index (χ4n) is 0.199. The first-order valence-electron chi connectivity index (χ1n) is 1.96. The van der Waals surface area contributed by atoms with Gasteiger partial charge >= 0.3 is 0 Å². The number of rotatable bonds is 3. The molecule has 0 bridgehead atoms. The summed E-state index contributed by atoms with van der Waals surface area (Å²) in [6.07, 6.45) is 0.155. The van der Waals surface area contributed by atoms with Crippen LogP contribution in [0.4, 0.5) is 4.39 Å². The molecule has 2 nitrogen and oxygen atoms in total. The molecule has 3 heteroatoms. The maximum absolute atomic E-state index is 11.7. The highest BCUT2D eigenvalue weighted by atomic mass is 19.1. The zero-order valence-electron chi connectivity index (χ0n) is 3.89. The molecular weight excluding hydrogens is 97.0 g/mol. The SMILES string of the molecule is C=CCC(F)NO. The molecule has 0 aromatic rings. The lowest BCUT2D eigenvalue weighted by molar-refractivity contribution is 0.0614. The average Bonchev–Trinajstić information content (AvgIpc) is 1.68. The Bertz CT molecular complexity index is 57.7. The average molecular weight is 105 g/mol. The highest BCUT2D eigenvalue weighted by molar-refractivity contribution is 4.68. The molecule has 42 valence electrons. The third-order valence-electron chi connectivity index (χ3n) is 0.514. The zero-order chi connectivity index (χ0) is 5.70. The lowest BCUT2D eigenvalue weighted by atomic mass is 10.4. The van der Waals surface area contributed by atoms with E-state index in [2.05, 4.69) is 6.58 Å². The van der Waals surface area contributed by atoms with E-state index in [4.69, 9.17) is 5.21 Å². The van der Waals surface area contributed by atoms with Crippen LogP contribution in [0.3, 0.4) is 0 Å². The summed E-state index contributed by atoms with van der Waals surface area (Å²) >= 11 is 0. The van der Waals surface area contributed by atoms with E-state index >= 15 is 0 Å². The second-order valence-corrected chi connectivity index (χ2v) is 1.12. The molecule has 0 rings (SSSR count). The van der Waals surface area contributed by atoms with Crippen molar-refractivity contribution >= 4 is 0 Å². The summed E-state index contributed by atoms with van der Waals surface area (Å²) in [6.45, 7) is 3.26. The molecule has 7 heavy (non-hydrogen) atoms. The van der Waals surface area contributed by atoms with Gasteiger partial charge in [-0.15, -0.1) is 6.58 Å². The predicted molar refractivity (Wildman–Crippen MR) is 24.6 cm³/mol. The molecule has 2 N–H and O–H groups in total. The Hall–Kier alpha value is -0.410. The van der Waals surface area contributed by atoms with Crippen molar-refractivity contribution in [1.29, 1.82) is 0 Å². The molecule has 0 heterocycles. The van der Waals surface area contributed by atoms with Crippen LogP contribution in [0.5, 0.6) is 0 Å². The third kappa shape index (κ3) is 3.42. The molecule has 0 radical (unpaired) electrons. The molecule has 0 aliphatic rings. The first kappa shape index (κ1) is 6.59. The van der Waals surface area contributed by atoms with E-state index in [0.29, 0.717) is 0 Å². The van der Waals surface area contributed by atoms with Crippen LogP contribution in [-0.2, 0) is 0 Å². The minimum atomic E-state index is -1.36. The molecule has 0 aromatic carbocycles. The molecule has 0 saturated carbocycles. The van der Waals surface area contributed by atoms with Gasteiger partial charge in [-0.2, -0.15) is 5.48 Å². The minimum absolute atomic E-state index is 0.135. The van der Waals surface area contributed by atoms with E-state index < -0.39 is 6.30 Å². The molecule has 1 unspecified atom stereocenters. The van der Waals surface area contributed by atoms with Gasteiger partial charge in [-0.25, -0.2) is 4.39 Å². The van der Waals surface area contributed by atoms with Gasteiger partial charge in [0, 0.05) is 6.42 Å². The van der Waals surface area contributed by atoms with Crippen molar-refractivity contribution in [1.82, 2.24) is 5.48 Å². The second kappa shape index (κ2) is 3.77. The summed E-state index contributed by atoms with van der Waals surface area (Å²) < 4.78 is 11.7. The summed E-state index contributed by atoms with van der Waals surface area (Å²) in [6, 6.07) is 0. The lowest BCUT2D eigenvalue weighted by Crippen LogP contribution is -2.18. The molecule has 0 fully saturated rings. The van der Waals surface area contributed by atoms with Crippen LogP contribution < -0.4 is 5.48 Å². The summed E-state index contributed by atoms with van der Waals surface area (Å²) in [5, 5.41) is 7.79. The number of halogens is 1. The molecule has 1 atom stereocenters. The van der Waals surface area contributed by atoms with E-state index in [-0.39, 0.29) is 6.42 Å². The fraction of sp³-hybridized carbons (Fsp3) is 0.500. The molecule has 0 spiro atoms. The number of hydroxylamine groups is 1. The van der Waals surface area contributed by atoms with Crippen LogP contribution in [0.15, 0.2) is 12.7 Å². The maximum atomic E-state index is 11.7. The second-order valence-electron chi connectivity index (χ2n) is 1.12. The molecule has 0 aromatic heterocycles. The lowest BCUT2D eigenvalue weighted by Gasteiger charge is -1.97. The van der Waals surface area contributed by atoms with Crippen molar-refractivity contribution in [2.45, 2.75) is 12.7 Å². The van der Waals surface area contributed by atoms with Crippen molar-refractivity contribution in [2.24, 2.45) is 0 Å². The summed E-state index contributed by atoms with van der Waals surface area (Å²) in [5.74, 6) is 0. The van der Waals surface area contributed by atoms with Gasteiger partial charge in [-0.05, 0) is 0 Å². The standard InChI is InChI=1S/C4H8FNO/c1-2-3-4(5)6-7/h2,4,6-7H,1,3H2.